The van der Waals surface area contributed by atoms with Gasteiger partial charge in [0.15, 0.2) is 5.13 Å². The highest BCUT2D eigenvalue weighted by Crippen LogP contribution is 2.29. The largest absolute Gasteiger partial charge is 0.361 e. The lowest BCUT2D eigenvalue weighted by Crippen LogP contribution is -2.29. The number of amides is 1. The van der Waals surface area contributed by atoms with E-state index in [2.05, 4.69) is 44.6 Å². The van der Waals surface area contributed by atoms with Gasteiger partial charge >= 0.3 is 0 Å². The van der Waals surface area contributed by atoms with Gasteiger partial charge in [-0.15, -0.1) is 11.3 Å². The predicted molar refractivity (Wildman–Crippen MR) is 109 cm³/mol. The maximum absolute atomic E-state index is 12.3. The number of aromatic nitrogens is 2. The van der Waals surface area contributed by atoms with Gasteiger partial charge in [0.05, 0.1) is 11.4 Å². The highest BCUT2D eigenvalue weighted by molar-refractivity contribution is 7.15. The zero-order valence-electron chi connectivity index (χ0n) is 16.2. The first-order valence-corrected chi connectivity index (χ1v) is 10.4. The molecule has 0 saturated heterocycles. The summed E-state index contributed by atoms with van der Waals surface area (Å²) in [6, 6.07) is 10.5. The number of nitrogens with one attached hydrogen (secondary N) is 1. The molecule has 0 bridgehead atoms. The summed E-state index contributed by atoms with van der Waals surface area (Å²) in [6.07, 6.45) is 1.95. The van der Waals surface area contributed by atoms with Crippen molar-refractivity contribution in [2.75, 3.05) is 11.9 Å². The number of fused-ring (bicyclic) bond motifs is 1. The second-order valence-corrected chi connectivity index (χ2v) is 8.27. The van der Waals surface area contributed by atoms with Gasteiger partial charge in [0, 0.05) is 42.9 Å². The highest BCUT2D eigenvalue weighted by atomic mass is 32.1. The van der Waals surface area contributed by atoms with E-state index in [4.69, 9.17) is 4.52 Å². The summed E-state index contributed by atoms with van der Waals surface area (Å²) < 4.78 is 5.16. The Bertz CT molecular complexity index is 945. The molecule has 1 aromatic carbocycles. The van der Waals surface area contributed by atoms with Crippen molar-refractivity contribution in [3.63, 3.8) is 0 Å². The molecule has 28 heavy (non-hydrogen) atoms. The highest BCUT2D eigenvalue weighted by Gasteiger charge is 2.21. The van der Waals surface area contributed by atoms with Crippen molar-refractivity contribution >= 4 is 22.4 Å². The van der Waals surface area contributed by atoms with Gasteiger partial charge in [0.25, 0.3) is 0 Å². The van der Waals surface area contributed by atoms with Crippen LogP contribution in [0.5, 0.6) is 0 Å². The monoisotopic (exact) mass is 396 g/mol. The minimum atomic E-state index is -0.0211. The molecule has 3 aromatic rings. The molecular formula is C21H24N4O2S. The number of thiazole rings is 1. The zero-order valence-corrected chi connectivity index (χ0v) is 17.0. The smallest absolute Gasteiger partial charge is 0.226 e. The molecule has 0 spiro atoms. The topological polar surface area (TPSA) is 71.3 Å². The second-order valence-electron chi connectivity index (χ2n) is 7.19. The van der Waals surface area contributed by atoms with Crippen LogP contribution in [0.2, 0.25) is 0 Å². The number of benzene rings is 1. The molecule has 0 radical (unpaired) electrons. The molecule has 1 aliphatic heterocycles. The fraction of sp³-hybridized carbons (Fsp3) is 0.381. The minimum absolute atomic E-state index is 0.0211. The van der Waals surface area contributed by atoms with Crippen LogP contribution in [0, 0.1) is 13.8 Å². The molecule has 0 atom stereocenters. The van der Waals surface area contributed by atoms with E-state index in [0.29, 0.717) is 18.0 Å². The summed E-state index contributed by atoms with van der Waals surface area (Å²) in [7, 11) is 0. The van der Waals surface area contributed by atoms with Crippen molar-refractivity contribution in [2.45, 2.75) is 46.2 Å². The summed E-state index contributed by atoms with van der Waals surface area (Å²) in [4.78, 5) is 20.7. The van der Waals surface area contributed by atoms with Crippen molar-refractivity contribution in [2.24, 2.45) is 0 Å². The van der Waals surface area contributed by atoms with Crippen LogP contribution in [-0.2, 0) is 30.7 Å². The first-order valence-electron chi connectivity index (χ1n) is 9.55. The Morgan fingerprint density at radius 1 is 1.29 bits per heavy atom. The predicted octanol–water partition coefficient (Wildman–Crippen LogP) is 3.88. The van der Waals surface area contributed by atoms with Gasteiger partial charge in [-0.05, 0) is 25.8 Å². The van der Waals surface area contributed by atoms with Crippen LogP contribution in [0.15, 0.2) is 34.9 Å². The normalized spacial score (nSPS) is 14.1. The van der Waals surface area contributed by atoms with Crippen molar-refractivity contribution in [1.29, 1.82) is 0 Å². The number of rotatable bonds is 6. The minimum Gasteiger partial charge on any atom is -0.361 e. The van der Waals surface area contributed by atoms with Crippen molar-refractivity contribution < 1.29 is 9.32 Å². The molecular weight excluding hydrogens is 372 g/mol. The Balaban J connectivity index is 1.33. The lowest BCUT2D eigenvalue weighted by molar-refractivity contribution is -0.116. The molecule has 7 heteroatoms. The number of nitrogens with zero attached hydrogens (tertiary/aromatic N) is 3. The number of carbonyl (C=O) groups excluding carboxylic acids is 1. The molecule has 1 N–H and O–H groups in total. The van der Waals surface area contributed by atoms with Gasteiger partial charge in [-0.3, -0.25) is 9.69 Å². The van der Waals surface area contributed by atoms with E-state index < -0.39 is 0 Å². The molecule has 1 amide bonds. The number of aryl methyl sites for hydroxylation is 2. The molecule has 0 saturated carbocycles. The lowest BCUT2D eigenvalue weighted by atomic mass is 10.1. The fourth-order valence-corrected chi connectivity index (χ4v) is 4.62. The fourth-order valence-electron chi connectivity index (χ4n) is 3.56. The van der Waals surface area contributed by atoms with E-state index in [1.807, 2.05) is 19.9 Å². The van der Waals surface area contributed by atoms with Gasteiger partial charge in [-0.25, -0.2) is 4.98 Å². The summed E-state index contributed by atoms with van der Waals surface area (Å²) in [5, 5.41) is 7.61. The van der Waals surface area contributed by atoms with E-state index in [1.54, 1.807) is 11.3 Å². The first-order chi connectivity index (χ1) is 13.6. The van der Waals surface area contributed by atoms with Gasteiger partial charge in [-0.1, -0.05) is 35.5 Å². The maximum Gasteiger partial charge on any atom is 0.226 e. The van der Waals surface area contributed by atoms with Crippen LogP contribution in [0.1, 0.15) is 39.6 Å². The summed E-state index contributed by atoms with van der Waals surface area (Å²) in [5.41, 5.74) is 4.32. The van der Waals surface area contributed by atoms with Crippen LogP contribution in [0.25, 0.3) is 0 Å². The van der Waals surface area contributed by atoms with E-state index in [-0.39, 0.29) is 5.91 Å². The Hall–Kier alpha value is -2.51. The van der Waals surface area contributed by atoms with Gasteiger partial charge < -0.3 is 9.84 Å². The standard InChI is InChI=1S/C21H24N4O2S/c1-14-17(15(2)27-24-14)8-9-20(26)23-21-22-18-10-11-25(13-19(18)28-21)12-16-6-4-3-5-7-16/h3-7H,8-13H2,1-2H3,(H,22,23,26). The van der Waals surface area contributed by atoms with Crippen molar-refractivity contribution in [3.05, 3.63) is 63.5 Å². The molecule has 2 aromatic heterocycles. The molecule has 0 aliphatic carbocycles. The molecule has 6 nitrogen and oxygen atoms in total. The average molecular weight is 397 g/mol. The molecule has 1 aliphatic rings. The number of anilines is 1. The Morgan fingerprint density at radius 2 is 2.11 bits per heavy atom. The SMILES string of the molecule is Cc1noc(C)c1CCC(=O)Nc1nc2c(s1)CN(Cc1ccccc1)CC2. The van der Waals surface area contributed by atoms with Crippen LogP contribution in [-0.4, -0.2) is 27.5 Å². The second kappa shape index (κ2) is 8.24. The van der Waals surface area contributed by atoms with Crippen LogP contribution in [0.4, 0.5) is 5.13 Å². The van der Waals surface area contributed by atoms with E-state index >= 15 is 0 Å². The molecule has 146 valence electrons. The Labute approximate surface area is 168 Å². The molecule has 0 fully saturated rings. The zero-order chi connectivity index (χ0) is 19.5. The quantitative estimate of drug-likeness (QED) is 0.685. The van der Waals surface area contributed by atoms with Crippen molar-refractivity contribution in [1.82, 2.24) is 15.0 Å². The van der Waals surface area contributed by atoms with Gasteiger partial charge in [0.1, 0.15) is 5.76 Å². The van der Waals surface area contributed by atoms with E-state index in [1.165, 1.54) is 10.4 Å². The lowest BCUT2D eigenvalue weighted by Gasteiger charge is -2.25. The average Bonchev–Trinajstić information content (AvgIpc) is 3.22. The third-order valence-corrected chi connectivity index (χ3v) is 6.09. The van der Waals surface area contributed by atoms with E-state index in [0.717, 1.165) is 48.8 Å². The number of hydrogen-bond acceptors (Lipinski definition) is 6. The van der Waals surface area contributed by atoms with Gasteiger partial charge in [-0.2, -0.15) is 0 Å². The Kier molecular flexibility index (Phi) is 5.54. The molecule has 3 heterocycles. The first kappa shape index (κ1) is 18.8. The third kappa shape index (κ3) is 4.31. The molecule has 4 rings (SSSR count). The van der Waals surface area contributed by atoms with Crippen LogP contribution < -0.4 is 5.32 Å². The maximum atomic E-state index is 12.3. The summed E-state index contributed by atoms with van der Waals surface area (Å²) >= 11 is 1.59. The van der Waals surface area contributed by atoms with Crippen LogP contribution in [0.3, 0.4) is 0 Å². The van der Waals surface area contributed by atoms with E-state index in [9.17, 15) is 4.79 Å². The molecule has 0 unspecified atom stereocenters. The van der Waals surface area contributed by atoms with Gasteiger partial charge in [0.2, 0.25) is 5.91 Å². The summed E-state index contributed by atoms with van der Waals surface area (Å²) in [5.74, 6) is 0.765. The Morgan fingerprint density at radius 3 is 2.86 bits per heavy atom. The van der Waals surface area contributed by atoms with Crippen molar-refractivity contribution in [3.8, 4) is 0 Å². The summed E-state index contributed by atoms with van der Waals surface area (Å²) in [6.45, 7) is 6.60. The number of hydrogen-bond donors (Lipinski definition) is 1. The van der Waals surface area contributed by atoms with Crippen LogP contribution >= 0.6 is 11.3 Å². The number of carbonyl (C=O) groups is 1. The third-order valence-electron chi connectivity index (χ3n) is 5.09.